The van der Waals surface area contributed by atoms with Crippen LogP contribution in [0.25, 0.3) is 0 Å². The van der Waals surface area contributed by atoms with E-state index in [1.165, 1.54) is 0 Å². The molecule has 1 fully saturated rings. The van der Waals surface area contributed by atoms with Crippen molar-refractivity contribution in [2.75, 3.05) is 36.4 Å². The number of amides is 1. The molecule has 1 saturated heterocycles. The van der Waals surface area contributed by atoms with Gasteiger partial charge < -0.3 is 15.1 Å². The van der Waals surface area contributed by atoms with Crippen molar-refractivity contribution in [1.82, 2.24) is 20.1 Å². The van der Waals surface area contributed by atoms with E-state index in [0.29, 0.717) is 42.6 Å². The van der Waals surface area contributed by atoms with E-state index >= 15 is 0 Å². The topological polar surface area (TPSA) is 74.2 Å². The van der Waals surface area contributed by atoms with Gasteiger partial charge in [0, 0.05) is 31.9 Å². The van der Waals surface area contributed by atoms with Gasteiger partial charge in [-0.15, -0.1) is 10.2 Å². The van der Waals surface area contributed by atoms with Crippen LogP contribution in [-0.4, -0.2) is 52.2 Å². The Hall–Kier alpha value is -3.19. The van der Waals surface area contributed by atoms with Crippen LogP contribution in [0.15, 0.2) is 54.6 Å². The Kier molecular flexibility index (Phi) is 5.57. The number of anilines is 3. The van der Waals surface area contributed by atoms with Crippen LogP contribution in [0.1, 0.15) is 16.1 Å². The summed E-state index contributed by atoms with van der Waals surface area (Å²) >= 11 is 6.16. The molecule has 3 heterocycles. The lowest BCUT2D eigenvalue weighted by atomic mass is 10.2. The molecule has 0 aliphatic carbocycles. The SMILES string of the molecule is Cc1cccc(Nc2ccc(N3CCN(C(=O)c4ccccc4Cl)CC3)nn2)n1. The van der Waals surface area contributed by atoms with Crippen molar-refractivity contribution in [1.29, 1.82) is 0 Å². The highest BCUT2D eigenvalue weighted by molar-refractivity contribution is 6.33. The van der Waals surface area contributed by atoms with Crippen LogP contribution in [0.4, 0.5) is 17.5 Å². The van der Waals surface area contributed by atoms with Gasteiger partial charge in [-0.1, -0.05) is 29.8 Å². The molecule has 7 nitrogen and oxygen atoms in total. The van der Waals surface area contributed by atoms with Crippen LogP contribution >= 0.6 is 11.6 Å². The van der Waals surface area contributed by atoms with Gasteiger partial charge in [0.25, 0.3) is 5.91 Å². The Morgan fingerprint density at radius 1 is 0.931 bits per heavy atom. The first-order valence-corrected chi connectivity index (χ1v) is 9.81. The number of hydrogen-bond acceptors (Lipinski definition) is 6. The number of benzene rings is 1. The summed E-state index contributed by atoms with van der Waals surface area (Å²) in [7, 11) is 0. The second-order valence-corrected chi connectivity index (χ2v) is 7.23. The van der Waals surface area contributed by atoms with Gasteiger partial charge in [0.15, 0.2) is 11.6 Å². The van der Waals surface area contributed by atoms with Crippen molar-refractivity contribution in [3.8, 4) is 0 Å². The van der Waals surface area contributed by atoms with Crippen molar-refractivity contribution in [3.05, 3.63) is 70.9 Å². The van der Waals surface area contributed by atoms with Crippen molar-refractivity contribution in [3.63, 3.8) is 0 Å². The Bertz CT molecular complexity index is 1000. The third-order valence-corrected chi connectivity index (χ3v) is 5.12. The second kappa shape index (κ2) is 8.45. The maximum absolute atomic E-state index is 12.7. The molecule has 2 aromatic heterocycles. The molecular formula is C21H21ClN6O. The monoisotopic (exact) mass is 408 g/mol. The van der Waals surface area contributed by atoms with E-state index in [1.807, 2.05) is 54.3 Å². The molecule has 8 heteroatoms. The molecule has 1 aliphatic heterocycles. The Labute approximate surface area is 174 Å². The molecule has 0 radical (unpaired) electrons. The third-order valence-electron chi connectivity index (χ3n) is 4.79. The fourth-order valence-corrected chi connectivity index (χ4v) is 3.46. The van der Waals surface area contributed by atoms with Gasteiger partial charge in [-0.25, -0.2) is 4.98 Å². The highest BCUT2D eigenvalue weighted by Gasteiger charge is 2.24. The predicted molar refractivity (Wildman–Crippen MR) is 114 cm³/mol. The molecule has 29 heavy (non-hydrogen) atoms. The zero-order valence-electron chi connectivity index (χ0n) is 16.0. The molecule has 0 unspecified atom stereocenters. The van der Waals surface area contributed by atoms with Crippen LogP contribution in [-0.2, 0) is 0 Å². The minimum atomic E-state index is -0.0356. The number of nitrogens with one attached hydrogen (secondary N) is 1. The zero-order valence-corrected chi connectivity index (χ0v) is 16.8. The average Bonchev–Trinajstić information content (AvgIpc) is 2.74. The van der Waals surface area contributed by atoms with Gasteiger partial charge in [-0.05, 0) is 43.3 Å². The Morgan fingerprint density at radius 3 is 2.41 bits per heavy atom. The number of carbonyl (C=O) groups excluding carboxylic acids is 1. The quantitative estimate of drug-likeness (QED) is 0.711. The van der Waals surface area contributed by atoms with Gasteiger partial charge >= 0.3 is 0 Å². The number of aromatic nitrogens is 3. The lowest BCUT2D eigenvalue weighted by molar-refractivity contribution is 0.0746. The summed E-state index contributed by atoms with van der Waals surface area (Å²) in [6.07, 6.45) is 0. The summed E-state index contributed by atoms with van der Waals surface area (Å²) < 4.78 is 0. The van der Waals surface area contributed by atoms with Crippen molar-refractivity contribution < 1.29 is 4.79 Å². The van der Waals surface area contributed by atoms with Gasteiger partial charge in [0.2, 0.25) is 0 Å². The smallest absolute Gasteiger partial charge is 0.255 e. The Balaban J connectivity index is 1.36. The number of halogens is 1. The van der Waals surface area contributed by atoms with Crippen LogP contribution < -0.4 is 10.2 Å². The van der Waals surface area contributed by atoms with E-state index in [2.05, 4.69) is 25.4 Å². The molecule has 4 rings (SSSR count). The maximum Gasteiger partial charge on any atom is 0.255 e. The molecule has 1 amide bonds. The van der Waals surface area contributed by atoms with Crippen LogP contribution in [0.5, 0.6) is 0 Å². The first-order valence-electron chi connectivity index (χ1n) is 9.43. The minimum absolute atomic E-state index is 0.0356. The van der Waals surface area contributed by atoms with E-state index in [1.54, 1.807) is 12.1 Å². The lowest BCUT2D eigenvalue weighted by Gasteiger charge is -2.35. The summed E-state index contributed by atoms with van der Waals surface area (Å²) in [5.41, 5.74) is 1.48. The molecular weight excluding hydrogens is 388 g/mol. The molecule has 0 saturated carbocycles. The van der Waals surface area contributed by atoms with E-state index < -0.39 is 0 Å². The lowest BCUT2D eigenvalue weighted by Crippen LogP contribution is -2.49. The first-order chi connectivity index (χ1) is 14.1. The summed E-state index contributed by atoms with van der Waals surface area (Å²) in [6, 6.07) is 16.7. The molecule has 1 aromatic carbocycles. The van der Waals surface area contributed by atoms with E-state index in [4.69, 9.17) is 11.6 Å². The van der Waals surface area contributed by atoms with Crippen molar-refractivity contribution in [2.45, 2.75) is 6.92 Å². The van der Waals surface area contributed by atoms with Gasteiger partial charge in [0.1, 0.15) is 5.82 Å². The number of carbonyl (C=O) groups is 1. The number of aryl methyl sites for hydroxylation is 1. The first kappa shape index (κ1) is 19.1. The molecule has 1 aliphatic rings. The number of pyridine rings is 1. The summed E-state index contributed by atoms with van der Waals surface area (Å²) in [6.45, 7) is 4.54. The summed E-state index contributed by atoms with van der Waals surface area (Å²) in [5.74, 6) is 2.13. The third kappa shape index (κ3) is 4.46. The van der Waals surface area contributed by atoms with Crippen molar-refractivity contribution in [2.24, 2.45) is 0 Å². The van der Waals surface area contributed by atoms with Crippen molar-refractivity contribution >= 4 is 35.0 Å². The number of rotatable bonds is 4. The molecule has 0 spiro atoms. The summed E-state index contributed by atoms with van der Waals surface area (Å²) in [5, 5.41) is 12.2. The Morgan fingerprint density at radius 2 is 1.72 bits per heavy atom. The van der Waals surface area contributed by atoms with E-state index in [0.717, 1.165) is 17.3 Å². The molecule has 0 bridgehead atoms. The molecule has 148 valence electrons. The van der Waals surface area contributed by atoms with Crippen LogP contribution in [0.3, 0.4) is 0 Å². The molecule has 3 aromatic rings. The normalized spacial score (nSPS) is 14.0. The van der Waals surface area contributed by atoms with Crippen LogP contribution in [0, 0.1) is 6.92 Å². The highest BCUT2D eigenvalue weighted by atomic mass is 35.5. The summed E-state index contributed by atoms with van der Waals surface area (Å²) in [4.78, 5) is 21.0. The highest BCUT2D eigenvalue weighted by Crippen LogP contribution is 2.20. The molecule has 1 N–H and O–H groups in total. The number of nitrogens with zero attached hydrogens (tertiary/aromatic N) is 5. The van der Waals surface area contributed by atoms with E-state index in [-0.39, 0.29) is 5.91 Å². The maximum atomic E-state index is 12.7. The number of hydrogen-bond donors (Lipinski definition) is 1. The van der Waals surface area contributed by atoms with Crippen LogP contribution in [0.2, 0.25) is 5.02 Å². The fourth-order valence-electron chi connectivity index (χ4n) is 3.25. The van der Waals surface area contributed by atoms with Gasteiger partial charge in [-0.2, -0.15) is 0 Å². The largest absolute Gasteiger partial charge is 0.352 e. The zero-order chi connectivity index (χ0) is 20.2. The minimum Gasteiger partial charge on any atom is -0.352 e. The van der Waals surface area contributed by atoms with E-state index in [9.17, 15) is 4.79 Å². The fraction of sp³-hybridized carbons (Fsp3) is 0.238. The molecule has 0 atom stereocenters. The average molecular weight is 409 g/mol. The second-order valence-electron chi connectivity index (χ2n) is 6.83. The standard InChI is InChI=1S/C21H21ClN6O/c1-15-5-4-8-18(23-15)24-19-9-10-20(26-25-19)27-11-13-28(14-12-27)21(29)16-6-2-3-7-17(16)22/h2-10H,11-14H2,1H3,(H,23,24,25). The van der Waals surface area contributed by atoms with Gasteiger partial charge in [0.05, 0.1) is 10.6 Å². The number of piperazine rings is 1. The van der Waals surface area contributed by atoms with Gasteiger partial charge in [-0.3, -0.25) is 4.79 Å². The predicted octanol–water partition coefficient (Wildman–Crippen LogP) is 3.54.